The van der Waals surface area contributed by atoms with Gasteiger partial charge < -0.3 is 0 Å². The van der Waals surface area contributed by atoms with E-state index in [0.717, 1.165) is 6.54 Å². The first-order valence-electron chi connectivity index (χ1n) is 5.10. The fourth-order valence-corrected chi connectivity index (χ4v) is 1.26. The zero-order valence-electron chi connectivity index (χ0n) is 9.22. The molecular weight excluding hydrogens is 146 g/mol. The standard InChI is InChI=1S/C9H17N.C2H6/c1-8(2)10-6-4-9(3)5-7-10;1-2/h4,8H,5-7H2,1-3H3;1-2H3. The average Bonchev–Trinajstić information content (AvgIpc) is 2.09. The maximum Gasteiger partial charge on any atom is 0.0168 e. The molecule has 1 rings (SSSR count). The van der Waals surface area contributed by atoms with Crippen molar-refractivity contribution in [3.05, 3.63) is 11.6 Å². The lowest BCUT2D eigenvalue weighted by molar-refractivity contribution is 0.239. The van der Waals surface area contributed by atoms with Gasteiger partial charge in [0.15, 0.2) is 0 Å². The van der Waals surface area contributed by atoms with Gasteiger partial charge in [0.25, 0.3) is 0 Å². The lowest BCUT2D eigenvalue weighted by Gasteiger charge is -2.28. The molecule has 1 heteroatoms. The third kappa shape index (κ3) is 3.91. The second-order valence-electron chi connectivity index (χ2n) is 3.39. The van der Waals surface area contributed by atoms with Crippen molar-refractivity contribution in [2.45, 2.75) is 47.1 Å². The fraction of sp³-hybridized carbons (Fsp3) is 0.818. The van der Waals surface area contributed by atoms with Gasteiger partial charge in [-0.15, -0.1) is 0 Å². The Morgan fingerprint density at radius 3 is 2.25 bits per heavy atom. The molecule has 0 bridgehead atoms. The van der Waals surface area contributed by atoms with Gasteiger partial charge >= 0.3 is 0 Å². The fourth-order valence-electron chi connectivity index (χ4n) is 1.26. The highest BCUT2D eigenvalue weighted by atomic mass is 15.1. The maximum atomic E-state index is 2.49. The molecule has 1 heterocycles. The van der Waals surface area contributed by atoms with Crippen LogP contribution >= 0.6 is 0 Å². The van der Waals surface area contributed by atoms with Gasteiger partial charge in [-0.05, 0) is 27.2 Å². The lowest BCUT2D eigenvalue weighted by atomic mass is 10.1. The molecule has 0 N–H and O–H groups in total. The molecule has 0 saturated carbocycles. The normalized spacial score (nSPS) is 18.3. The van der Waals surface area contributed by atoms with Gasteiger partial charge in [0.05, 0.1) is 0 Å². The first-order chi connectivity index (χ1) is 5.70. The molecule has 0 radical (unpaired) electrons. The summed E-state index contributed by atoms with van der Waals surface area (Å²) in [6.45, 7) is 13.1. The third-order valence-electron chi connectivity index (χ3n) is 2.20. The molecule has 0 unspecified atom stereocenters. The number of rotatable bonds is 1. The lowest BCUT2D eigenvalue weighted by Crippen LogP contribution is -2.34. The molecule has 0 amide bonds. The van der Waals surface area contributed by atoms with Gasteiger partial charge in [0.2, 0.25) is 0 Å². The third-order valence-corrected chi connectivity index (χ3v) is 2.20. The molecule has 1 aliphatic heterocycles. The van der Waals surface area contributed by atoms with Crippen LogP contribution in [0.2, 0.25) is 0 Å². The molecule has 1 aliphatic rings. The minimum Gasteiger partial charge on any atom is -0.297 e. The van der Waals surface area contributed by atoms with Crippen LogP contribution in [-0.2, 0) is 0 Å². The molecule has 1 nitrogen and oxygen atoms in total. The van der Waals surface area contributed by atoms with Crippen molar-refractivity contribution in [1.29, 1.82) is 0 Å². The van der Waals surface area contributed by atoms with E-state index in [1.54, 1.807) is 5.57 Å². The predicted octanol–water partition coefficient (Wildman–Crippen LogP) is 3.07. The molecule has 0 aromatic carbocycles. The highest BCUT2D eigenvalue weighted by Crippen LogP contribution is 2.11. The van der Waals surface area contributed by atoms with Crippen molar-refractivity contribution in [1.82, 2.24) is 4.90 Å². The Morgan fingerprint density at radius 1 is 1.33 bits per heavy atom. The second kappa shape index (κ2) is 6.24. The Kier molecular flexibility index (Phi) is 6.09. The molecule has 72 valence electrons. The van der Waals surface area contributed by atoms with E-state index in [2.05, 4.69) is 31.7 Å². The van der Waals surface area contributed by atoms with Crippen LogP contribution < -0.4 is 0 Å². The molecule has 0 fully saturated rings. The zero-order chi connectivity index (χ0) is 9.56. The smallest absolute Gasteiger partial charge is 0.0168 e. The summed E-state index contributed by atoms with van der Waals surface area (Å²) >= 11 is 0. The molecule has 0 aromatic heterocycles. The molecule has 0 aromatic rings. The van der Waals surface area contributed by atoms with Crippen molar-refractivity contribution in [3.63, 3.8) is 0 Å². The Bertz CT molecular complexity index is 136. The zero-order valence-corrected chi connectivity index (χ0v) is 9.22. The van der Waals surface area contributed by atoms with Crippen LogP contribution in [0.25, 0.3) is 0 Å². The number of hydrogen-bond donors (Lipinski definition) is 0. The largest absolute Gasteiger partial charge is 0.297 e. The van der Waals surface area contributed by atoms with E-state index >= 15 is 0 Å². The van der Waals surface area contributed by atoms with E-state index in [1.165, 1.54) is 13.0 Å². The quantitative estimate of drug-likeness (QED) is 0.545. The van der Waals surface area contributed by atoms with Gasteiger partial charge in [0.1, 0.15) is 0 Å². The van der Waals surface area contributed by atoms with E-state index in [-0.39, 0.29) is 0 Å². The summed E-state index contributed by atoms with van der Waals surface area (Å²) < 4.78 is 0. The first-order valence-corrected chi connectivity index (χ1v) is 5.10. The summed E-state index contributed by atoms with van der Waals surface area (Å²) in [7, 11) is 0. The molecule has 0 atom stereocenters. The summed E-state index contributed by atoms with van der Waals surface area (Å²) in [6, 6.07) is 0.712. The Morgan fingerprint density at radius 2 is 1.92 bits per heavy atom. The first kappa shape index (κ1) is 11.7. The van der Waals surface area contributed by atoms with Crippen molar-refractivity contribution in [3.8, 4) is 0 Å². The monoisotopic (exact) mass is 169 g/mol. The summed E-state index contributed by atoms with van der Waals surface area (Å²) in [5, 5.41) is 0. The van der Waals surface area contributed by atoms with Crippen LogP contribution in [0.15, 0.2) is 11.6 Å². The van der Waals surface area contributed by atoms with Crippen molar-refractivity contribution in [2.24, 2.45) is 0 Å². The van der Waals surface area contributed by atoms with Crippen LogP contribution in [0.5, 0.6) is 0 Å². The van der Waals surface area contributed by atoms with Gasteiger partial charge in [-0.1, -0.05) is 25.5 Å². The summed E-state index contributed by atoms with van der Waals surface area (Å²) in [4.78, 5) is 2.49. The SMILES string of the molecule is CC.CC1=CCN(C(C)C)CC1. The van der Waals surface area contributed by atoms with E-state index in [4.69, 9.17) is 0 Å². The average molecular weight is 169 g/mol. The van der Waals surface area contributed by atoms with Crippen LogP contribution in [0.1, 0.15) is 41.0 Å². The molecule has 12 heavy (non-hydrogen) atoms. The van der Waals surface area contributed by atoms with E-state index in [0.29, 0.717) is 6.04 Å². The minimum atomic E-state index is 0.712. The van der Waals surface area contributed by atoms with Crippen LogP contribution in [0, 0.1) is 0 Å². The number of hydrogen-bond acceptors (Lipinski definition) is 1. The van der Waals surface area contributed by atoms with E-state index < -0.39 is 0 Å². The van der Waals surface area contributed by atoms with E-state index in [9.17, 15) is 0 Å². The van der Waals surface area contributed by atoms with Gasteiger partial charge in [-0.25, -0.2) is 0 Å². The minimum absolute atomic E-state index is 0.712. The Labute approximate surface area is 77.5 Å². The van der Waals surface area contributed by atoms with Crippen molar-refractivity contribution < 1.29 is 0 Å². The van der Waals surface area contributed by atoms with Crippen LogP contribution in [-0.4, -0.2) is 24.0 Å². The van der Waals surface area contributed by atoms with Gasteiger partial charge in [-0.3, -0.25) is 4.90 Å². The summed E-state index contributed by atoms with van der Waals surface area (Å²) in [5.74, 6) is 0. The second-order valence-corrected chi connectivity index (χ2v) is 3.39. The van der Waals surface area contributed by atoms with Gasteiger partial charge in [-0.2, -0.15) is 0 Å². The molecular formula is C11H23N. The van der Waals surface area contributed by atoms with Crippen molar-refractivity contribution in [2.75, 3.05) is 13.1 Å². The summed E-state index contributed by atoms with van der Waals surface area (Å²) in [5.41, 5.74) is 1.55. The van der Waals surface area contributed by atoms with E-state index in [1.807, 2.05) is 13.8 Å². The topological polar surface area (TPSA) is 3.24 Å². The van der Waals surface area contributed by atoms with Crippen molar-refractivity contribution >= 4 is 0 Å². The van der Waals surface area contributed by atoms with Crippen LogP contribution in [0.3, 0.4) is 0 Å². The van der Waals surface area contributed by atoms with Crippen LogP contribution in [0.4, 0.5) is 0 Å². The van der Waals surface area contributed by atoms with Gasteiger partial charge in [0, 0.05) is 19.1 Å². The predicted molar refractivity (Wildman–Crippen MR) is 56.4 cm³/mol. The highest BCUT2D eigenvalue weighted by molar-refractivity contribution is 5.03. The molecule has 0 aliphatic carbocycles. The maximum absolute atomic E-state index is 2.49. The number of nitrogens with zero attached hydrogens (tertiary/aromatic N) is 1. The Hall–Kier alpha value is -0.300. The molecule has 0 saturated heterocycles. The Balaban J connectivity index is 0.000000561. The summed E-state index contributed by atoms with van der Waals surface area (Å²) in [6.07, 6.45) is 3.60. The molecule has 0 spiro atoms. The highest BCUT2D eigenvalue weighted by Gasteiger charge is 2.10.